The van der Waals surface area contributed by atoms with Gasteiger partial charge in [-0.05, 0) is 39.4 Å². The third kappa shape index (κ3) is 8.47. The van der Waals surface area contributed by atoms with Crippen LogP contribution < -0.4 is 5.32 Å². The Morgan fingerprint density at radius 3 is 2.38 bits per heavy atom. The lowest BCUT2D eigenvalue weighted by atomic mass is 10.2. The van der Waals surface area contributed by atoms with Gasteiger partial charge in [0.15, 0.2) is 5.05 Å². The van der Waals surface area contributed by atoms with Gasteiger partial charge in [0.1, 0.15) is 12.2 Å². The molecule has 0 spiro atoms. The lowest BCUT2D eigenvalue weighted by Crippen LogP contribution is -2.41. The summed E-state index contributed by atoms with van der Waals surface area (Å²) in [6.45, 7) is 9.52. The maximum absolute atomic E-state index is 11.5. The normalized spacial score (nSPS) is 12.8. The molecule has 0 bridgehead atoms. The number of nitrogens with one attached hydrogen (secondary N) is 1. The van der Waals surface area contributed by atoms with Gasteiger partial charge in [-0.1, -0.05) is 6.92 Å². The standard InChI is InChI=1S/C11H21NO3S/c1-6-9(7-14-8(2)16)12-10(13)15-11(3,4)5/h9H,6-7H2,1-5H3,(H,12,13)/t9-/m0/s1. The van der Waals surface area contributed by atoms with Crippen LogP contribution in [-0.4, -0.2) is 29.4 Å². The van der Waals surface area contributed by atoms with Crippen LogP contribution in [0.2, 0.25) is 0 Å². The van der Waals surface area contributed by atoms with Crippen LogP contribution in [0.1, 0.15) is 41.0 Å². The summed E-state index contributed by atoms with van der Waals surface area (Å²) in [6, 6.07) is -0.0762. The lowest BCUT2D eigenvalue weighted by molar-refractivity contribution is 0.0484. The number of amides is 1. The molecule has 0 aromatic heterocycles. The highest BCUT2D eigenvalue weighted by Crippen LogP contribution is 2.07. The van der Waals surface area contributed by atoms with Crippen molar-refractivity contribution in [2.75, 3.05) is 6.61 Å². The van der Waals surface area contributed by atoms with E-state index in [0.717, 1.165) is 6.42 Å². The Morgan fingerprint density at radius 2 is 2.00 bits per heavy atom. The van der Waals surface area contributed by atoms with Gasteiger partial charge >= 0.3 is 6.09 Å². The summed E-state index contributed by atoms with van der Waals surface area (Å²) in [5.74, 6) is 0. The Hall–Kier alpha value is -0.840. The molecular formula is C11H21NO3S. The molecule has 1 amide bonds. The van der Waals surface area contributed by atoms with Crippen molar-refractivity contribution < 1.29 is 14.3 Å². The van der Waals surface area contributed by atoms with E-state index in [4.69, 9.17) is 21.7 Å². The molecule has 0 aliphatic heterocycles. The van der Waals surface area contributed by atoms with Gasteiger partial charge in [-0.15, -0.1) is 0 Å². The summed E-state index contributed by atoms with van der Waals surface area (Å²) < 4.78 is 10.3. The van der Waals surface area contributed by atoms with Crippen LogP contribution in [-0.2, 0) is 9.47 Å². The monoisotopic (exact) mass is 247 g/mol. The average Bonchev–Trinajstić information content (AvgIpc) is 2.08. The van der Waals surface area contributed by atoms with Gasteiger partial charge in [-0.3, -0.25) is 0 Å². The molecule has 1 atom stereocenters. The van der Waals surface area contributed by atoms with Gasteiger partial charge in [-0.2, -0.15) is 0 Å². The van der Waals surface area contributed by atoms with Gasteiger partial charge in [0.2, 0.25) is 0 Å². The van der Waals surface area contributed by atoms with Crippen molar-refractivity contribution in [2.45, 2.75) is 52.7 Å². The van der Waals surface area contributed by atoms with Crippen LogP contribution in [0.4, 0.5) is 4.79 Å². The number of ether oxygens (including phenoxy) is 2. The quantitative estimate of drug-likeness (QED) is 0.776. The SMILES string of the molecule is CC[C@@H](COC(C)=S)NC(=O)OC(C)(C)C. The molecule has 0 unspecified atom stereocenters. The van der Waals surface area contributed by atoms with E-state index in [1.807, 2.05) is 27.7 Å². The van der Waals surface area contributed by atoms with E-state index >= 15 is 0 Å². The maximum atomic E-state index is 11.5. The molecule has 0 aliphatic rings. The molecule has 4 nitrogen and oxygen atoms in total. The molecule has 0 radical (unpaired) electrons. The third-order valence-corrected chi connectivity index (χ3v) is 1.82. The molecule has 94 valence electrons. The fourth-order valence-electron chi connectivity index (χ4n) is 0.954. The van der Waals surface area contributed by atoms with E-state index in [2.05, 4.69) is 5.32 Å². The van der Waals surface area contributed by atoms with Crippen molar-refractivity contribution in [1.29, 1.82) is 0 Å². The third-order valence-electron chi connectivity index (χ3n) is 1.70. The van der Waals surface area contributed by atoms with E-state index in [1.165, 1.54) is 0 Å². The predicted octanol–water partition coefficient (Wildman–Crippen LogP) is 2.65. The largest absolute Gasteiger partial charge is 0.485 e. The van der Waals surface area contributed by atoms with Gasteiger partial charge in [0.05, 0.1) is 6.04 Å². The average molecular weight is 247 g/mol. The highest BCUT2D eigenvalue weighted by molar-refractivity contribution is 7.80. The van der Waals surface area contributed by atoms with Crippen LogP contribution in [0.5, 0.6) is 0 Å². The molecule has 1 N–H and O–H groups in total. The summed E-state index contributed by atoms with van der Waals surface area (Å²) in [4.78, 5) is 11.5. The number of thiocarbonyl (C=S) groups is 1. The topological polar surface area (TPSA) is 47.6 Å². The van der Waals surface area contributed by atoms with Crippen molar-refractivity contribution in [3.63, 3.8) is 0 Å². The van der Waals surface area contributed by atoms with Gasteiger partial charge in [-0.25, -0.2) is 4.79 Å². The second-order valence-electron chi connectivity index (χ2n) is 4.55. The van der Waals surface area contributed by atoms with Gasteiger partial charge in [0.25, 0.3) is 0 Å². The zero-order valence-corrected chi connectivity index (χ0v) is 11.4. The summed E-state index contributed by atoms with van der Waals surface area (Å²) >= 11 is 4.80. The highest BCUT2D eigenvalue weighted by Gasteiger charge is 2.18. The minimum absolute atomic E-state index is 0.0762. The summed E-state index contributed by atoms with van der Waals surface area (Å²) in [6.07, 6.45) is 0.340. The number of carbonyl (C=O) groups excluding carboxylic acids is 1. The van der Waals surface area contributed by atoms with Crippen LogP contribution in [0.25, 0.3) is 0 Å². The van der Waals surface area contributed by atoms with Crippen molar-refractivity contribution >= 4 is 23.4 Å². The summed E-state index contributed by atoms with van der Waals surface area (Å²) in [5, 5.41) is 3.21. The molecule has 0 saturated carbocycles. The fraction of sp³-hybridized carbons (Fsp3) is 0.818. The Kier molecular flexibility index (Phi) is 6.33. The molecule has 0 rings (SSSR count). The minimum atomic E-state index is -0.483. The smallest absolute Gasteiger partial charge is 0.407 e. The van der Waals surface area contributed by atoms with E-state index < -0.39 is 11.7 Å². The Labute approximate surface area is 103 Å². The fourth-order valence-corrected chi connectivity index (χ4v) is 1.02. The number of hydrogen-bond donors (Lipinski definition) is 1. The summed E-state index contributed by atoms with van der Waals surface area (Å²) in [5.41, 5.74) is -0.483. The zero-order chi connectivity index (χ0) is 12.8. The Balaban J connectivity index is 4.02. The lowest BCUT2D eigenvalue weighted by Gasteiger charge is -2.23. The van der Waals surface area contributed by atoms with Crippen molar-refractivity contribution in [3.8, 4) is 0 Å². The maximum Gasteiger partial charge on any atom is 0.407 e. The van der Waals surface area contributed by atoms with E-state index in [-0.39, 0.29) is 6.04 Å². The molecule has 0 aromatic rings. The van der Waals surface area contributed by atoms with Crippen LogP contribution in [0.3, 0.4) is 0 Å². The second kappa shape index (κ2) is 6.68. The van der Waals surface area contributed by atoms with Gasteiger partial charge in [0, 0.05) is 6.92 Å². The van der Waals surface area contributed by atoms with Crippen LogP contribution in [0, 0.1) is 0 Å². The highest BCUT2D eigenvalue weighted by atomic mass is 32.1. The minimum Gasteiger partial charge on any atom is -0.485 e. The Morgan fingerprint density at radius 1 is 1.44 bits per heavy atom. The van der Waals surface area contributed by atoms with Crippen LogP contribution >= 0.6 is 12.2 Å². The first-order valence-corrected chi connectivity index (χ1v) is 5.78. The molecule has 0 fully saturated rings. The van der Waals surface area contributed by atoms with Crippen molar-refractivity contribution in [2.24, 2.45) is 0 Å². The Bertz CT molecular complexity index is 248. The summed E-state index contributed by atoms with van der Waals surface area (Å²) in [7, 11) is 0. The first-order valence-electron chi connectivity index (χ1n) is 5.37. The zero-order valence-electron chi connectivity index (χ0n) is 10.6. The van der Waals surface area contributed by atoms with E-state index in [1.54, 1.807) is 6.92 Å². The first-order chi connectivity index (χ1) is 7.24. The number of carbonyl (C=O) groups is 1. The molecule has 0 aliphatic carbocycles. The van der Waals surface area contributed by atoms with Crippen LogP contribution in [0.15, 0.2) is 0 Å². The van der Waals surface area contributed by atoms with Crippen molar-refractivity contribution in [1.82, 2.24) is 5.32 Å². The number of rotatable bonds is 4. The molecule has 0 aromatic carbocycles. The second-order valence-corrected chi connectivity index (χ2v) is 5.13. The predicted molar refractivity (Wildman–Crippen MR) is 67.7 cm³/mol. The molecule has 0 saturated heterocycles. The molecule has 0 heterocycles. The number of hydrogen-bond acceptors (Lipinski definition) is 4. The molecule has 16 heavy (non-hydrogen) atoms. The molecule has 5 heteroatoms. The van der Waals surface area contributed by atoms with E-state index in [9.17, 15) is 4.79 Å². The first kappa shape index (κ1) is 15.2. The molecular weight excluding hydrogens is 226 g/mol. The van der Waals surface area contributed by atoms with Gasteiger partial charge < -0.3 is 14.8 Å². The van der Waals surface area contributed by atoms with Crippen molar-refractivity contribution in [3.05, 3.63) is 0 Å². The van der Waals surface area contributed by atoms with E-state index in [0.29, 0.717) is 11.7 Å². The number of alkyl carbamates (subject to hydrolysis) is 1.